The van der Waals surface area contributed by atoms with Crippen LogP contribution in [0, 0.1) is 0 Å². The quantitative estimate of drug-likeness (QED) is 0.279. The van der Waals surface area contributed by atoms with Crippen LogP contribution in [0.25, 0.3) is 0 Å². The Kier molecular flexibility index (Phi) is 10.8. The summed E-state index contributed by atoms with van der Waals surface area (Å²) in [5, 5.41) is -0.126. The molecule has 6 nitrogen and oxygen atoms in total. The van der Waals surface area contributed by atoms with Gasteiger partial charge in [-0.1, -0.05) is 42.5 Å². The van der Waals surface area contributed by atoms with Crippen molar-refractivity contribution >= 4 is 103 Å². The molecule has 3 aromatic rings. The zero-order valence-electron chi connectivity index (χ0n) is 17.3. The molecule has 2 radical (unpaired) electrons. The van der Waals surface area contributed by atoms with Crippen LogP contribution in [0.4, 0.5) is 13.2 Å². The third-order valence-corrected chi connectivity index (χ3v) is 8.30. The molecule has 0 N–H and O–H groups in total. The number of hydrogen-bond acceptors (Lipinski definition) is 6. The van der Waals surface area contributed by atoms with Gasteiger partial charge in [0, 0.05) is 59.1 Å². The molecule has 0 fully saturated rings. The fourth-order valence-electron chi connectivity index (χ4n) is 2.89. The van der Waals surface area contributed by atoms with Crippen molar-refractivity contribution in [3.8, 4) is 0 Å². The Morgan fingerprint density at radius 3 is 1.48 bits per heavy atom. The number of hydrogen-bond donors (Lipinski definition) is 0. The second-order valence-electron chi connectivity index (χ2n) is 6.25. The zero-order chi connectivity index (χ0) is 23.0. The molecule has 0 heterocycles. The molecule has 3 aromatic carbocycles. The standard InChI is InChI=1S/C19H14F3O6PS2.2Na/c20-19(21,22)17-9-1-2-10-18(17)29(13-5-3-7-15(11-13)30(23,24)25)14-6-4-8-16(12-14)31(26,27)28;;/h1-12H,(H,23,24,25)(H,26,27,28);;/p-2. The molecule has 0 saturated carbocycles. The van der Waals surface area contributed by atoms with Crippen LogP contribution in [0.2, 0.25) is 0 Å². The molecule has 0 aliphatic heterocycles. The van der Waals surface area contributed by atoms with Crippen LogP contribution >= 0.6 is 7.92 Å². The average molecular weight is 534 g/mol. The first-order valence-electron chi connectivity index (χ1n) is 8.37. The minimum atomic E-state index is -4.90. The van der Waals surface area contributed by atoms with Gasteiger partial charge in [-0.2, -0.15) is 13.2 Å². The molecule has 0 amide bonds. The van der Waals surface area contributed by atoms with E-state index in [4.69, 9.17) is 0 Å². The van der Waals surface area contributed by atoms with Crippen LogP contribution in [-0.4, -0.2) is 85.1 Å². The molecular formula is C19H12F3Na2O6PS2-2. The summed E-state index contributed by atoms with van der Waals surface area (Å²) in [5.74, 6) is 0. The van der Waals surface area contributed by atoms with Crippen LogP contribution in [-0.2, 0) is 26.4 Å². The maximum Gasteiger partial charge on any atom is 0.417 e. The zero-order valence-corrected chi connectivity index (χ0v) is 23.8. The van der Waals surface area contributed by atoms with Gasteiger partial charge in [0.25, 0.3) is 0 Å². The van der Waals surface area contributed by atoms with Crippen molar-refractivity contribution in [1.29, 1.82) is 0 Å². The summed E-state index contributed by atoms with van der Waals surface area (Å²) in [7, 11) is -12.0. The summed E-state index contributed by atoms with van der Waals surface area (Å²) in [6.45, 7) is 0. The maximum absolute atomic E-state index is 13.7. The average Bonchev–Trinajstić information content (AvgIpc) is 2.67. The summed E-state index contributed by atoms with van der Waals surface area (Å²) in [6, 6.07) is 13.6. The van der Waals surface area contributed by atoms with Crippen LogP contribution in [0.15, 0.2) is 82.6 Å². The van der Waals surface area contributed by atoms with Crippen molar-refractivity contribution in [3.05, 3.63) is 78.4 Å². The van der Waals surface area contributed by atoms with E-state index in [-0.39, 0.29) is 75.0 Å². The van der Waals surface area contributed by atoms with Crippen LogP contribution in [0.5, 0.6) is 0 Å². The normalized spacial score (nSPS) is 12.1. The second kappa shape index (κ2) is 11.6. The number of alkyl halides is 3. The van der Waals surface area contributed by atoms with E-state index in [0.717, 1.165) is 30.3 Å². The first kappa shape index (κ1) is 30.7. The molecule has 0 aromatic heterocycles. The van der Waals surface area contributed by atoms with Gasteiger partial charge in [-0.15, -0.1) is 0 Å². The second-order valence-corrected chi connectivity index (χ2v) is 11.2. The Hall–Kier alpha value is -0.300. The molecule has 0 spiro atoms. The molecule has 166 valence electrons. The molecule has 3 rings (SSSR count). The summed E-state index contributed by atoms with van der Waals surface area (Å²) in [6.07, 6.45) is -4.76. The molecule has 0 aliphatic rings. The molecule has 0 atom stereocenters. The van der Waals surface area contributed by atoms with Gasteiger partial charge in [-0.05, 0) is 54.2 Å². The third kappa shape index (κ3) is 7.59. The van der Waals surface area contributed by atoms with Gasteiger partial charge in [-0.3, -0.25) is 0 Å². The smallest absolute Gasteiger partial charge is 0.417 e. The van der Waals surface area contributed by atoms with Gasteiger partial charge in [0.15, 0.2) is 0 Å². The molecule has 0 saturated heterocycles. The van der Waals surface area contributed by atoms with Gasteiger partial charge in [-0.25, -0.2) is 16.8 Å². The van der Waals surface area contributed by atoms with Crippen LogP contribution < -0.4 is 15.9 Å². The van der Waals surface area contributed by atoms with E-state index in [9.17, 15) is 39.1 Å². The Labute approximate surface area is 234 Å². The van der Waals surface area contributed by atoms with Gasteiger partial charge < -0.3 is 9.11 Å². The van der Waals surface area contributed by atoms with E-state index in [1.165, 1.54) is 42.5 Å². The Morgan fingerprint density at radius 2 is 1.09 bits per heavy atom. The van der Waals surface area contributed by atoms with E-state index >= 15 is 0 Å². The molecule has 14 heteroatoms. The molecule has 33 heavy (non-hydrogen) atoms. The molecule has 0 aliphatic carbocycles. The largest absolute Gasteiger partial charge is 0.744 e. The first-order chi connectivity index (χ1) is 14.3. The fraction of sp³-hybridized carbons (Fsp3) is 0.0526. The van der Waals surface area contributed by atoms with Crippen molar-refractivity contribution in [2.24, 2.45) is 0 Å². The predicted molar refractivity (Wildman–Crippen MR) is 118 cm³/mol. The van der Waals surface area contributed by atoms with Gasteiger partial charge >= 0.3 is 6.18 Å². The van der Waals surface area contributed by atoms with E-state index in [1.54, 1.807) is 0 Å². The summed E-state index contributed by atoms with van der Waals surface area (Å²) >= 11 is 0. The van der Waals surface area contributed by atoms with Crippen molar-refractivity contribution in [2.75, 3.05) is 0 Å². The summed E-state index contributed by atoms with van der Waals surface area (Å²) in [5.41, 5.74) is -1.01. The Bertz CT molecular complexity index is 1270. The molecular weight excluding hydrogens is 522 g/mol. The Morgan fingerprint density at radius 1 is 0.667 bits per heavy atom. The monoisotopic (exact) mass is 534 g/mol. The molecule has 0 bridgehead atoms. The number of benzene rings is 3. The van der Waals surface area contributed by atoms with Gasteiger partial charge in [0.1, 0.15) is 20.2 Å². The topological polar surface area (TPSA) is 114 Å². The SMILES string of the molecule is O=S(=O)([O-])c1cccc(P(c2cccc(S(=O)(=O)[O-])c2)c2ccccc2C(F)(F)F)c1.[Na].[Na]. The first-order valence-corrected chi connectivity index (χ1v) is 12.5. The van der Waals surface area contributed by atoms with E-state index in [0.29, 0.717) is 0 Å². The fourth-order valence-corrected chi connectivity index (χ4v) is 6.64. The van der Waals surface area contributed by atoms with Crippen molar-refractivity contribution in [3.63, 3.8) is 0 Å². The van der Waals surface area contributed by atoms with Gasteiger partial charge in [0.2, 0.25) is 0 Å². The van der Waals surface area contributed by atoms with Crippen LogP contribution in [0.1, 0.15) is 5.56 Å². The summed E-state index contributed by atoms with van der Waals surface area (Å²) < 4.78 is 110. The third-order valence-electron chi connectivity index (χ3n) is 4.18. The predicted octanol–water partition coefficient (Wildman–Crippen LogP) is 1.51. The van der Waals surface area contributed by atoms with Crippen LogP contribution in [0.3, 0.4) is 0 Å². The van der Waals surface area contributed by atoms with E-state index in [1.807, 2.05) is 0 Å². The van der Waals surface area contributed by atoms with E-state index < -0.39 is 49.7 Å². The maximum atomic E-state index is 13.7. The van der Waals surface area contributed by atoms with Gasteiger partial charge in [0.05, 0.1) is 15.4 Å². The Balaban J connectivity index is 0.00000272. The van der Waals surface area contributed by atoms with Crippen molar-refractivity contribution < 1.29 is 39.1 Å². The van der Waals surface area contributed by atoms with Crippen molar-refractivity contribution in [1.82, 2.24) is 0 Å². The van der Waals surface area contributed by atoms with E-state index in [2.05, 4.69) is 0 Å². The minimum absolute atomic E-state index is 0. The molecule has 0 unspecified atom stereocenters. The summed E-state index contributed by atoms with van der Waals surface area (Å²) in [4.78, 5) is -1.29. The number of rotatable bonds is 5. The van der Waals surface area contributed by atoms with Crippen molar-refractivity contribution in [2.45, 2.75) is 16.0 Å². The minimum Gasteiger partial charge on any atom is -0.744 e. The number of halogens is 3.